The number of nitrogen functional groups attached to an aromatic ring is 1. The van der Waals surface area contributed by atoms with Crippen molar-refractivity contribution in [3.05, 3.63) is 111 Å². The fourth-order valence-corrected chi connectivity index (χ4v) is 12.4. The van der Waals surface area contributed by atoms with Gasteiger partial charge in [-0.2, -0.15) is 15.6 Å². The zero-order chi connectivity index (χ0) is 67.6. The van der Waals surface area contributed by atoms with Gasteiger partial charge in [0.05, 0.1) is 95.3 Å². The van der Waals surface area contributed by atoms with Crippen LogP contribution < -0.4 is 41.7 Å². The molecule has 0 bridgehead atoms. The van der Waals surface area contributed by atoms with Crippen LogP contribution in [0, 0.1) is 46.3 Å². The molecule has 6 heterocycles. The van der Waals surface area contributed by atoms with Gasteiger partial charge in [-0.05, 0) is 118 Å². The van der Waals surface area contributed by atoms with E-state index in [9.17, 15) is 24.0 Å². The molecule has 1 aromatic heterocycles. The molecule has 2 aliphatic carbocycles. The van der Waals surface area contributed by atoms with E-state index in [2.05, 4.69) is 36.7 Å². The van der Waals surface area contributed by atoms with Gasteiger partial charge >= 0.3 is 12.1 Å². The number of hydrazine groups is 1. The van der Waals surface area contributed by atoms with Crippen LogP contribution in [0.2, 0.25) is 0 Å². The third-order valence-electron chi connectivity index (χ3n) is 17.8. The number of carbonyl (C=O) groups excluding carboxylic acids is 5. The third kappa shape index (κ3) is 17.7. The van der Waals surface area contributed by atoms with Crippen LogP contribution in [0.15, 0.2) is 83.4 Å². The molecule has 3 saturated heterocycles. The lowest BCUT2D eigenvalue weighted by molar-refractivity contribution is -0.148. The van der Waals surface area contributed by atoms with E-state index in [1.54, 1.807) is 24.3 Å². The average molecular weight is 1320 g/mol. The fourth-order valence-electron chi connectivity index (χ4n) is 12.0. The fraction of sp³-hybridized carbons (Fsp3) is 0.571. The molecule has 6 atom stereocenters. The summed E-state index contributed by atoms with van der Waals surface area (Å²) in [4.78, 5) is 61.1. The van der Waals surface area contributed by atoms with Gasteiger partial charge in [0, 0.05) is 24.0 Å². The normalized spacial score (nSPS) is 23.0. The molecular formula is C70H93ClN10O13. The molecule has 3 aromatic carbocycles. The number of anilines is 1. The van der Waals surface area contributed by atoms with E-state index >= 15 is 0 Å². The number of amides is 4. The highest BCUT2D eigenvalue weighted by atomic mass is 35.5. The average Bonchev–Trinajstić information content (AvgIpc) is 1.54. The van der Waals surface area contributed by atoms with Crippen molar-refractivity contribution < 1.29 is 61.9 Å². The highest BCUT2D eigenvalue weighted by molar-refractivity contribution is 6.33. The van der Waals surface area contributed by atoms with Crippen molar-refractivity contribution >= 4 is 47.2 Å². The minimum atomic E-state index is -1.07. The van der Waals surface area contributed by atoms with Gasteiger partial charge < -0.3 is 59.6 Å². The number of nitriles is 2. The molecule has 0 spiro atoms. The number of halogens is 1. The van der Waals surface area contributed by atoms with Crippen LogP contribution in [-0.2, 0) is 61.2 Å². The van der Waals surface area contributed by atoms with Gasteiger partial charge in [0.15, 0.2) is 0 Å². The van der Waals surface area contributed by atoms with Crippen LogP contribution in [-0.4, -0.2) is 123 Å². The van der Waals surface area contributed by atoms with E-state index in [4.69, 9.17) is 76.7 Å². The van der Waals surface area contributed by atoms with Crippen molar-refractivity contribution in [2.75, 3.05) is 78.9 Å². The Kier molecular flexibility index (Phi) is 25.2. The van der Waals surface area contributed by atoms with Crippen LogP contribution in [0.25, 0.3) is 0 Å². The van der Waals surface area contributed by atoms with E-state index in [0.717, 1.165) is 98.1 Å². The number of rotatable bonds is 24. The van der Waals surface area contributed by atoms with Crippen molar-refractivity contribution in [2.24, 2.45) is 29.5 Å². The summed E-state index contributed by atoms with van der Waals surface area (Å²) in [7, 11) is 1.30. The molecule has 23 nitrogen and oxygen atoms in total. The Bertz CT molecular complexity index is 3350. The summed E-state index contributed by atoms with van der Waals surface area (Å²) in [5.74, 6) is 7.41. The Hall–Kier alpha value is -7.93. The van der Waals surface area contributed by atoms with Crippen LogP contribution in [0.4, 0.5) is 10.6 Å². The number of nitrogens with one attached hydrogen (secondary N) is 3. The number of fused-ring (bicyclic) bond motifs is 4. The zero-order valence-corrected chi connectivity index (χ0v) is 56.1. The largest absolute Gasteiger partial charge is 0.494 e. The molecule has 2 unspecified atom stereocenters. The number of ether oxygens (including phenoxy) is 8. The first-order chi connectivity index (χ1) is 45.2. The maximum Gasteiger partial charge on any atom is 0.424 e. The first kappa shape index (κ1) is 71.9. The van der Waals surface area contributed by atoms with Crippen LogP contribution in [0.3, 0.4) is 0 Å². The molecule has 0 radical (unpaired) electrons. The van der Waals surface area contributed by atoms with Crippen molar-refractivity contribution in [3.63, 3.8) is 0 Å². The zero-order valence-electron chi connectivity index (χ0n) is 55.4. The maximum absolute atomic E-state index is 13.1. The van der Waals surface area contributed by atoms with Gasteiger partial charge in [-0.25, -0.2) is 20.3 Å². The maximum atomic E-state index is 13.1. The summed E-state index contributed by atoms with van der Waals surface area (Å²) < 4.78 is 45.9. The molecule has 11 rings (SSSR count). The van der Waals surface area contributed by atoms with E-state index in [0.29, 0.717) is 75.5 Å². The quantitative estimate of drug-likeness (QED) is 0.0143. The van der Waals surface area contributed by atoms with Gasteiger partial charge in [-0.3, -0.25) is 19.2 Å². The lowest BCUT2D eigenvalue weighted by Crippen LogP contribution is -2.54. The molecular weight excluding hydrogens is 1220 g/mol. The van der Waals surface area contributed by atoms with Gasteiger partial charge in [0.25, 0.3) is 11.8 Å². The molecule has 5 fully saturated rings. The predicted molar refractivity (Wildman–Crippen MR) is 351 cm³/mol. The van der Waals surface area contributed by atoms with E-state index < -0.39 is 52.0 Å². The topological polar surface area (TPSA) is 316 Å². The second kappa shape index (κ2) is 33.0. The lowest BCUT2D eigenvalue weighted by Gasteiger charge is -2.38. The van der Waals surface area contributed by atoms with Gasteiger partial charge in [-0.1, -0.05) is 114 Å². The predicted octanol–water partition coefficient (Wildman–Crippen LogP) is 9.86. The first-order valence-electron chi connectivity index (χ1n) is 32.9. The number of esters is 1. The Morgan fingerprint density at radius 2 is 1.22 bits per heavy atom. The highest BCUT2D eigenvalue weighted by Gasteiger charge is 2.55. The molecule has 2 saturated carbocycles. The van der Waals surface area contributed by atoms with Crippen molar-refractivity contribution in [1.82, 2.24) is 30.7 Å². The van der Waals surface area contributed by atoms with Crippen LogP contribution >= 0.6 is 11.6 Å². The SMILES string of the molecule is CC(C)(C)OC(=O)N(N)CCC1CC1.CCCCOc1ccc(C23COC[C@H]2C(Cl)=C(C#N)C(=O)N3)cc1.CCCCOc1ccc(C23COC[C@H]2c2nn(CCC4CC4)c(N)c2C(=O)N3)cc1.CCCCOc1ccc([C@]2(NC(=O)CC#N)COC[C@H]2C(=O)OC)cc1. The summed E-state index contributed by atoms with van der Waals surface area (Å²) >= 11 is 6.33. The molecule has 4 aromatic rings. The van der Waals surface area contributed by atoms with Gasteiger partial charge in [0.2, 0.25) is 5.91 Å². The molecule has 7 aliphatic rings. The number of unbranched alkanes of at least 4 members (excludes halogenated alkanes) is 3. The summed E-state index contributed by atoms with van der Waals surface area (Å²) in [6, 6.07) is 26.5. The molecule has 94 heavy (non-hydrogen) atoms. The number of nitrogens with zero attached hydrogens (tertiary/aromatic N) is 5. The Morgan fingerprint density at radius 1 is 0.734 bits per heavy atom. The number of carbonyl (C=O) groups is 5. The van der Waals surface area contributed by atoms with E-state index in [1.165, 1.54) is 37.8 Å². The number of hydrogen-bond donors (Lipinski definition) is 5. The molecule has 24 heteroatoms. The number of benzene rings is 3. The highest BCUT2D eigenvalue weighted by Crippen LogP contribution is 2.48. The van der Waals surface area contributed by atoms with Crippen LogP contribution in [0.1, 0.15) is 164 Å². The number of aryl methyl sites for hydroxylation is 1. The number of hydrogen-bond acceptors (Lipinski definition) is 18. The van der Waals surface area contributed by atoms with Gasteiger partial charge in [-0.15, -0.1) is 0 Å². The Balaban J connectivity index is 0.000000165. The van der Waals surface area contributed by atoms with Crippen molar-refractivity contribution in [3.8, 4) is 29.4 Å². The molecule has 508 valence electrons. The summed E-state index contributed by atoms with van der Waals surface area (Å²) in [6.45, 7) is 17.1. The Labute approximate surface area is 556 Å². The molecule has 5 aliphatic heterocycles. The summed E-state index contributed by atoms with van der Waals surface area (Å²) in [5, 5.41) is 33.2. The number of methoxy groups -OCH3 is 1. The second-order valence-electron chi connectivity index (χ2n) is 26.0. The molecule has 7 N–H and O–H groups in total. The minimum absolute atomic E-state index is 0.0256. The number of nitrogens with two attached hydrogens (primary N) is 2. The minimum Gasteiger partial charge on any atom is -0.494 e. The summed E-state index contributed by atoms with van der Waals surface area (Å²) in [6.07, 6.45) is 12.7. The summed E-state index contributed by atoms with van der Waals surface area (Å²) in [5.41, 5.74) is 7.36. The monoisotopic (exact) mass is 1320 g/mol. The van der Waals surface area contributed by atoms with Crippen molar-refractivity contribution in [2.45, 2.75) is 160 Å². The van der Waals surface area contributed by atoms with Gasteiger partial charge in [0.1, 0.15) is 63.8 Å². The smallest absolute Gasteiger partial charge is 0.424 e. The second-order valence-corrected chi connectivity index (χ2v) is 26.4. The van der Waals surface area contributed by atoms with E-state index in [-0.39, 0.29) is 48.0 Å². The Morgan fingerprint density at radius 3 is 1.71 bits per heavy atom. The standard InChI is InChI=1S/C23H30N4O3.C19H24N2O5.C18H19ClN2O3.C10H20N2O2/c1-2-3-12-30-17-8-6-16(7-9-17)23-14-29-13-18(23)20-19(22(28)25-23)21(24)27(26-20)11-10-15-4-5-15;1-3-4-11-26-15-7-5-14(6-8-15)19(21-17(22)9-10-20)13-25-12-16(19)18(23)24-2;1-2-3-8-24-13-6-4-12(5-7-13)18-11-23-10-15(18)16(19)14(9-20)17(22)21-18;1-10(2,3)14-9(13)12(11)7-6-8-4-5-8/h6-9,15,18H,2-5,10-14,24H2,1H3,(H,25,28);5-8,16H,3-4,9,11-13H2,1-2H3,(H,21,22);4-7,15H,2-3,8,10-11H2,1H3,(H,21,22);8H,4-7,11H2,1-3H3/t18-,23?;16-,19+;15-,18?;/m000./s1. The van der Waals surface area contributed by atoms with E-state index in [1.807, 2.05) is 86.1 Å². The van der Waals surface area contributed by atoms with Crippen molar-refractivity contribution in [1.29, 1.82) is 10.5 Å². The van der Waals surface area contributed by atoms with Crippen LogP contribution in [0.5, 0.6) is 17.2 Å². The number of aromatic nitrogens is 2. The third-order valence-corrected chi connectivity index (χ3v) is 18.3. The first-order valence-corrected chi connectivity index (χ1v) is 33.3. The molecule has 4 amide bonds. The lowest BCUT2D eigenvalue weighted by atomic mass is 9.75.